The summed E-state index contributed by atoms with van der Waals surface area (Å²) >= 11 is 5.35. The first kappa shape index (κ1) is 14.6. The summed E-state index contributed by atoms with van der Waals surface area (Å²) in [4.78, 5) is 3.21. The fraction of sp³-hybridized carbons (Fsp3) is 0.294. The zero-order chi connectivity index (χ0) is 15.7. The standard InChI is InChI=1S/C17H16N2O2S/c1-21-15-8-10(6-7-14(15)20)16-11-4-2-3-5-13(11)19-17(22)12(16)9-18/h6-8,20H,2-5H2,1H3,(H,19,22). The molecule has 1 aromatic carbocycles. The number of rotatable bonds is 2. The lowest BCUT2D eigenvalue weighted by Gasteiger charge is -2.21. The molecule has 5 heteroatoms. The van der Waals surface area contributed by atoms with E-state index in [4.69, 9.17) is 17.0 Å². The number of fused-ring (bicyclic) bond motifs is 1. The van der Waals surface area contributed by atoms with Gasteiger partial charge in [-0.25, -0.2) is 0 Å². The zero-order valence-electron chi connectivity index (χ0n) is 12.3. The number of aromatic hydroxyl groups is 1. The van der Waals surface area contributed by atoms with Crippen LogP contribution >= 0.6 is 12.2 Å². The van der Waals surface area contributed by atoms with Crippen molar-refractivity contribution in [3.05, 3.63) is 39.7 Å². The maximum atomic E-state index is 9.78. The highest BCUT2D eigenvalue weighted by molar-refractivity contribution is 7.71. The Morgan fingerprint density at radius 2 is 2.09 bits per heavy atom. The number of aryl methyl sites for hydroxylation is 1. The van der Waals surface area contributed by atoms with Crippen molar-refractivity contribution in [3.8, 4) is 28.7 Å². The Bertz CT molecular complexity index is 834. The average Bonchev–Trinajstić information content (AvgIpc) is 2.54. The molecule has 0 bridgehead atoms. The second-order valence-corrected chi connectivity index (χ2v) is 5.78. The van der Waals surface area contributed by atoms with Crippen molar-refractivity contribution in [2.24, 2.45) is 0 Å². The molecule has 0 unspecified atom stereocenters. The number of aromatic amines is 1. The molecule has 0 fully saturated rings. The van der Waals surface area contributed by atoms with E-state index in [0.717, 1.165) is 48.1 Å². The van der Waals surface area contributed by atoms with Crippen LogP contribution in [-0.4, -0.2) is 17.2 Å². The van der Waals surface area contributed by atoms with E-state index in [-0.39, 0.29) is 5.75 Å². The number of H-pyrrole nitrogens is 1. The Morgan fingerprint density at radius 3 is 2.82 bits per heavy atom. The molecule has 0 saturated carbocycles. The van der Waals surface area contributed by atoms with Gasteiger partial charge in [0.2, 0.25) is 0 Å². The smallest absolute Gasteiger partial charge is 0.161 e. The van der Waals surface area contributed by atoms with Gasteiger partial charge in [-0.15, -0.1) is 0 Å². The molecular weight excluding hydrogens is 296 g/mol. The van der Waals surface area contributed by atoms with Gasteiger partial charge in [0.05, 0.1) is 12.7 Å². The molecule has 0 spiro atoms. The molecule has 0 amide bonds. The van der Waals surface area contributed by atoms with Crippen LogP contribution < -0.4 is 4.74 Å². The maximum absolute atomic E-state index is 9.78. The highest BCUT2D eigenvalue weighted by Crippen LogP contribution is 2.37. The van der Waals surface area contributed by atoms with Crippen LogP contribution in [0.25, 0.3) is 11.1 Å². The van der Waals surface area contributed by atoms with Gasteiger partial charge in [0.15, 0.2) is 11.5 Å². The summed E-state index contributed by atoms with van der Waals surface area (Å²) in [6.07, 6.45) is 4.11. The van der Waals surface area contributed by atoms with E-state index in [1.54, 1.807) is 18.2 Å². The predicted molar refractivity (Wildman–Crippen MR) is 86.6 cm³/mol. The number of methoxy groups -OCH3 is 1. The molecule has 2 aromatic rings. The lowest BCUT2D eigenvalue weighted by molar-refractivity contribution is 0.373. The van der Waals surface area contributed by atoms with Crippen molar-refractivity contribution < 1.29 is 9.84 Å². The van der Waals surface area contributed by atoms with Crippen molar-refractivity contribution in [2.75, 3.05) is 7.11 Å². The van der Waals surface area contributed by atoms with Gasteiger partial charge < -0.3 is 14.8 Å². The molecule has 0 radical (unpaired) electrons. The van der Waals surface area contributed by atoms with Gasteiger partial charge in [0.25, 0.3) is 0 Å². The van der Waals surface area contributed by atoms with Crippen LogP contribution in [0.1, 0.15) is 29.7 Å². The third-order valence-electron chi connectivity index (χ3n) is 4.09. The quantitative estimate of drug-likeness (QED) is 0.826. The van der Waals surface area contributed by atoms with Crippen molar-refractivity contribution >= 4 is 12.2 Å². The molecule has 1 aliphatic carbocycles. The molecular formula is C17H16N2O2S. The number of aromatic nitrogens is 1. The molecule has 0 aliphatic heterocycles. The number of phenols is 1. The molecule has 22 heavy (non-hydrogen) atoms. The van der Waals surface area contributed by atoms with Gasteiger partial charge in [-0.2, -0.15) is 5.26 Å². The normalized spacial score (nSPS) is 13.3. The average molecular weight is 312 g/mol. The van der Waals surface area contributed by atoms with Crippen molar-refractivity contribution in [2.45, 2.75) is 25.7 Å². The number of nitriles is 1. The van der Waals surface area contributed by atoms with Gasteiger partial charge >= 0.3 is 0 Å². The van der Waals surface area contributed by atoms with Crippen LogP contribution in [0.3, 0.4) is 0 Å². The number of nitrogens with one attached hydrogen (secondary N) is 1. The van der Waals surface area contributed by atoms with E-state index in [0.29, 0.717) is 16.0 Å². The number of pyridine rings is 1. The summed E-state index contributed by atoms with van der Waals surface area (Å²) in [5, 5.41) is 19.3. The lowest BCUT2D eigenvalue weighted by atomic mass is 9.87. The lowest BCUT2D eigenvalue weighted by Crippen LogP contribution is -2.09. The molecule has 1 aliphatic rings. The number of nitrogens with zero attached hydrogens (tertiary/aromatic N) is 1. The summed E-state index contributed by atoms with van der Waals surface area (Å²) in [6.45, 7) is 0. The molecule has 2 N–H and O–H groups in total. The van der Waals surface area contributed by atoms with Crippen LogP contribution in [0.5, 0.6) is 11.5 Å². The second kappa shape index (κ2) is 5.82. The molecule has 0 atom stereocenters. The van der Waals surface area contributed by atoms with E-state index in [1.165, 1.54) is 7.11 Å². The molecule has 1 aromatic heterocycles. The summed E-state index contributed by atoms with van der Waals surface area (Å²) < 4.78 is 5.67. The van der Waals surface area contributed by atoms with E-state index < -0.39 is 0 Å². The van der Waals surface area contributed by atoms with Crippen LogP contribution in [0.4, 0.5) is 0 Å². The van der Waals surface area contributed by atoms with Crippen molar-refractivity contribution in [1.82, 2.24) is 4.98 Å². The third kappa shape index (κ3) is 2.36. The van der Waals surface area contributed by atoms with E-state index in [9.17, 15) is 10.4 Å². The first-order valence-corrected chi connectivity index (χ1v) is 7.62. The molecule has 1 heterocycles. The monoisotopic (exact) mass is 312 g/mol. The molecule has 4 nitrogen and oxygen atoms in total. The van der Waals surface area contributed by atoms with Gasteiger partial charge in [-0.1, -0.05) is 18.3 Å². The van der Waals surface area contributed by atoms with Crippen LogP contribution in [0.2, 0.25) is 0 Å². The van der Waals surface area contributed by atoms with Gasteiger partial charge in [-0.05, 0) is 48.9 Å². The van der Waals surface area contributed by atoms with Gasteiger partial charge in [0.1, 0.15) is 10.7 Å². The van der Waals surface area contributed by atoms with Gasteiger partial charge in [0, 0.05) is 11.3 Å². The van der Waals surface area contributed by atoms with Crippen molar-refractivity contribution in [1.29, 1.82) is 5.26 Å². The summed E-state index contributed by atoms with van der Waals surface area (Å²) in [5.41, 5.74) is 4.49. The van der Waals surface area contributed by atoms with Crippen LogP contribution in [0.15, 0.2) is 18.2 Å². The zero-order valence-corrected chi connectivity index (χ0v) is 13.1. The Labute approximate surface area is 134 Å². The topological polar surface area (TPSA) is 69.0 Å². The Balaban J connectivity index is 2.32. The number of hydrogen-bond donors (Lipinski definition) is 2. The van der Waals surface area contributed by atoms with E-state index in [2.05, 4.69) is 11.1 Å². The fourth-order valence-corrected chi connectivity index (χ4v) is 3.31. The number of hydrogen-bond acceptors (Lipinski definition) is 4. The van der Waals surface area contributed by atoms with Crippen molar-refractivity contribution in [3.63, 3.8) is 0 Å². The minimum absolute atomic E-state index is 0.0831. The van der Waals surface area contributed by atoms with E-state index >= 15 is 0 Å². The molecule has 0 saturated heterocycles. The SMILES string of the molecule is COc1cc(-c2c3c([nH]c(=S)c2C#N)CCCC3)ccc1O. The number of benzene rings is 1. The largest absolute Gasteiger partial charge is 0.504 e. The highest BCUT2D eigenvalue weighted by Gasteiger charge is 2.20. The van der Waals surface area contributed by atoms with Crippen LogP contribution in [-0.2, 0) is 12.8 Å². The Hall–Kier alpha value is -2.32. The predicted octanol–water partition coefficient (Wildman–Crippen LogP) is 3.88. The highest BCUT2D eigenvalue weighted by atomic mass is 32.1. The molecule has 112 valence electrons. The van der Waals surface area contributed by atoms with Gasteiger partial charge in [-0.3, -0.25) is 0 Å². The summed E-state index contributed by atoms with van der Waals surface area (Å²) in [7, 11) is 1.51. The van der Waals surface area contributed by atoms with E-state index in [1.807, 2.05) is 0 Å². The minimum atomic E-state index is 0.0831. The first-order chi connectivity index (χ1) is 10.7. The Kier molecular flexibility index (Phi) is 3.86. The number of ether oxygens (including phenoxy) is 1. The fourth-order valence-electron chi connectivity index (χ4n) is 3.04. The third-order valence-corrected chi connectivity index (χ3v) is 4.40. The Morgan fingerprint density at radius 1 is 1.32 bits per heavy atom. The summed E-state index contributed by atoms with van der Waals surface area (Å²) in [6, 6.07) is 7.38. The minimum Gasteiger partial charge on any atom is -0.504 e. The molecule has 3 rings (SSSR count). The maximum Gasteiger partial charge on any atom is 0.161 e. The first-order valence-electron chi connectivity index (χ1n) is 7.21. The number of phenolic OH excluding ortho intramolecular Hbond substituents is 1. The second-order valence-electron chi connectivity index (χ2n) is 5.37. The summed E-state index contributed by atoms with van der Waals surface area (Å²) in [5.74, 6) is 0.476. The van der Waals surface area contributed by atoms with Crippen LogP contribution in [0, 0.1) is 16.0 Å².